The molecule has 6 atom stereocenters. The lowest BCUT2D eigenvalue weighted by Crippen LogP contribution is -2.52. The lowest BCUT2D eigenvalue weighted by molar-refractivity contribution is -0.122. The zero-order chi connectivity index (χ0) is 20.2. The fourth-order valence-corrected chi connectivity index (χ4v) is 7.42. The minimum atomic E-state index is 0.0996. The number of nitrogens with zero attached hydrogens (tertiary/aromatic N) is 2. The number of ketones is 1. The van der Waals surface area contributed by atoms with Crippen LogP contribution in [0.3, 0.4) is 0 Å². The summed E-state index contributed by atoms with van der Waals surface area (Å²) in [5.74, 6) is 3.37. The molecule has 29 heavy (non-hydrogen) atoms. The van der Waals surface area contributed by atoms with Gasteiger partial charge < -0.3 is 5.11 Å². The third-order valence-corrected chi connectivity index (χ3v) is 8.95. The molecule has 4 heteroatoms. The first kappa shape index (κ1) is 19.2. The van der Waals surface area contributed by atoms with E-state index in [2.05, 4.69) is 36.0 Å². The Morgan fingerprint density at radius 3 is 2.69 bits per heavy atom. The number of allylic oxidation sites excluding steroid dienone is 4. The Bertz CT molecular complexity index is 876. The molecule has 154 valence electrons. The van der Waals surface area contributed by atoms with Crippen molar-refractivity contribution in [1.29, 1.82) is 0 Å². The van der Waals surface area contributed by atoms with E-state index in [1.807, 2.05) is 18.5 Å². The summed E-state index contributed by atoms with van der Waals surface area (Å²) < 4.78 is 0. The number of carbonyl (C=O) groups excluding carboxylic acids is 1. The van der Waals surface area contributed by atoms with E-state index in [9.17, 15) is 9.90 Å². The van der Waals surface area contributed by atoms with Gasteiger partial charge in [0.1, 0.15) is 5.78 Å². The monoisotopic (exact) mass is 392 g/mol. The lowest BCUT2D eigenvalue weighted by Gasteiger charge is -2.59. The molecular formula is C25H32N2O2. The van der Waals surface area contributed by atoms with Crippen molar-refractivity contribution in [1.82, 2.24) is 9.97 Å². The molecule has 1 aromatic heterocycles. The van der Waals surface area contributed by atoms with E-state index < -0.39 is 0 Å². The summed E-state index contributed by atoms with van der Waals surface area (Å²) >= 11 is 0. The van der Waals surface area contributed by atoms with Crippen LogP contribution in [0.25, 0.3) is 5.57 Å². The molecule has 0 radical (unpaired) electrons. The predicted octanol–water partition coefficient (Wildman–Crippen LogP) is 4.61. The molecule has 0 aromatic carbocycles. The largest absolute Gasteiger partial charge is 0.396 e. The first-order valence-corrected chi connectivity index (χ1v) is 11.3. The molecule has 4 aliphatic carbocycles. The third-order valence-electron chi connectivity index (χ3n) is 8.95. The van der Waals surface area contributed by atoms with Gasteiger partial charge in [-0.15, -0.1) is 0 Å². The van der Waals surface area contributed by atoms with Crippen LogP contribution in [-0.2, 0) is 4.79 Å². The van der Waals surface area contributed by atoms with Gasteiger partial charge in [-0.25, -0.2) is 9.97 Å². The second kappa shape index (κ2) is 6.87. The molecule has 1 heterocycles. The van der Waals surface area contributed by atoms with E-state index in [-0.39, 0.29) is 17.4 Å². The van der Waals surface area contributed by atoms with Crippen LogP contribution in [0.4, 0.5) is 0 Å². The molecule has 1 aromatic rings. The highest BCUT2D eigenvalue weighted by atomic mass is 16.3. The van der Waals surface area contributed by atoms with E-state index in [4.69, 9.17) is 0 Å². The number of rotatable bonds is 3. The van der Waals surface area contributed by atoms with Crippen molar-refractivity contribution < 1.29 is 9.90 Å². The Kier molecular flexibility index (Phi) is 4.54. The van der Waals surface area contributed by atoms with Crippen LogP contribution in [-0.4, -0.2) is 27.5 Å². The maximum absolute atomic E-state index is 12.2. The van der Waals surface area contributed by atoms with Crippen molar-refractivity contribution in [3.63, 3.8) is 0 Å². The molecule has 4 nitrogen and oxygen atoms in total. The molecule has 0 aliphatic heterocycles. The molecule has 0 bridgehead atoms. The van der Waals surface area contributed by atoms with E-state index in [1.54, 1.807) is 0 Å². The lowest BCUT2D eigenvalue weighted by atomic mass is 9.45. The van der Waals surface area contributed by atoms with Crippen LogP contribution in [0.15, 0.2) is 36.2 Å². The maximum atomic E-state index is 12.2. The van der Waals surface area contributed by atoms with Gasteiger partial charge in [0.2, 0.25) is 0 Å². The molecule has 2 fully saturated rings. The van der Waals surface area contributed by atoms with Crippen LogP contribution in [0.5, 0.6) is 0 Å². The Balaban J connectivity index is 1.54. The van der Waals surface area contributed by atoms with Crippen molar-refractivity contribution in [3.8, 4) is 0 Å². The van der Waals surface area contributed by atoms with Crippen molar-refractivity contribution in [2.24, 2.45) is 34.5 Å². The van der Waals surface area contributed by atoms with Crippen LogP contribution in [0.2, 0.25) is 0 Å². The van der Waals surface area contributed by atoms with Gasteiger partial charge in [-0.2, -0.15) is 0 Å². The highest BCUT2D eigenvalue weighted by molar-refractivity contribution is 5.82. The van der Waals surface area contributed by atoms with Crippen molar-refractivity contribution in [2.75, 3.05) is 6.61 Å². The molecular weight excluding hydrogens is 360 g/mol. The highest BCUT2D eigenvalue weighted by Gasteiger charge is 2.59. The van der Waals surface area contributed by atoms with Crippen LogP contribution >= 0.6 is 0 Å². The van der Waals surface area contributed by atoms with Crippen LogP contribution < -0.4 is 0 Å². The Labute approximate surface area is 173 Å². The average Bonchev–Trinajstić information content (AvgIpc) is 3.07. The fraction of sp³-hybridized carbons (Fsp3) is 0.640. The van der Waals surface area contributed by atoms with Gasteiger partial charge in [0, 0.05) is 31.8 Å². The Hall–Kier alpha value is -1.81. The van der Waals surface area contributed by atoms with Gasteiger partial charge in [-0.1, -0.05) is 31.6 Å². The number of Topliss-reactive ketones (excluding diaryl/α,β-unsaturated/α-hetero) is 1. The van der Waals surface area contributed by atoms with Gasteiger partial charge in [-0.05, 0) is 78.2 Å². The molecule has 5 rings (SSSR count). The number of hydrogen-bond donors (Lipinski definition) is 1. The number of fused-ring (bicyclic) bond motifs is 5. The third kappa shape index (κ3) is 2.78. The van der Waals surface area contributed by atoms with Gasteiger partial charge in [-0.3, -0.25) is 4.79 Å². The van der Waals surface area contributed by atoms with Crippen molar-refractivity contribution in [2.45, 2.75) is 58.8 Å². The number of aliphatic hydroxyl groups excluding tert-OH is 1. The fourth-order valence-electron chi connectivity index (χ4n) is 7.42. The molecule has 2 saturated carbocycles. The summed E-state index contributed by atoms with van der Waals surface area (Å²) in [6.07, 6.45) is 15.1. The van der Waals surface area contributed by atoms with Gasteiger partial charge >= 0.3 is 0 Å². The predicted molar refractivity (Wildman–Crippen MR) is 113 cm³/mol. The van der Waals surface area contributed by atoms with Gasteiger partial charge in [0.05, 0.1) is 0 Å². The van der Waals surface area contributed by atoms with Crippen LogP contribution in [0, 0.1) is 34.5 Å². The summed E-state index contributed by atoms with van der Waals surface area (Å²) in [6, 6.07) is 1.88. The summed E-state index contributed by atoms with van der Waals surface area (Å²) in [5.41, 5.74) is 2.94. The first-order chi connectivity index (χ1) is 14.0. The van der Waals surface area contributed by atoms with Gasteiger partial charge in [0.15, 0.2) is 5.82 Å². The van der Waals surface area contributed by atoms with E-state index in [0.29, 0.717) is 35.9 Å². The highest BCUT2D eigenvalue weighted by Crippen LogP contribution is 2.67. The smallest absolute Gasteiger partial charge is 0.155 e. The molecule has 0 spiro atoms. The summed E-state index contributed by atoms with van der Waals surface area (Å²) in [6.45, 7) is 5.06. The van der Waals surface area contributed by atoms with E-state index >= 15 is 0 Å². The summed E-state index contributed by atoms with van der Waals surface area (Å²) in [7, 11) is 0. The average molecular weight is 393 g/mol. The Morgan fingerprint density at radius 2 is 1.93 bits per heavy atom. The minimum Gasteiger partial charge on any atom is -0.396 e. The SMILES string of the molecule is C[C@]12CCC(=O)CC1=CC(CCO)[C@@H]1[C@H]2CC[C@]2(C)C(c3ncccn3)=CC[C@@H]12. The summed E-state index contributed by atoms with van der Waals surface area (Å²) in [4.78, 5) is 21.4. The molecule has 1 N–H and O–H groups in total. The number of aliphatic hydroxyl groups is 1. The van der Waals surface area contributed by atoms with Crippen molar-refractivity contribution in [3.05, 3.63) is 42.0 Å². The van der Waals surface area contributed by atoms with Gasteiger partial charge in [0.25, 0.3) is 0 Å². The number of carbonyl (C=O) groups is 1. The number of hydrogen-bond acceptors (Lipinski definition) is 4. The second-order valence-electron chi connectivity index (χ2n) is 10.2. The molecule has 1 unspecified atom stereocenters. The maximum Gasteiger partial charge on any atom is 0.155 e. The normalized spacial score (nSPS) is 41.1. The molecule has 0 amide bonds. The minimum absolute atomic E-state index is 0.0996. The molecule has 4 aliphatic rings. The topological polar surface area (TPSA) is 63.1 Å². The van der Waals surface area contributed by atoms with E-state index in [0.717, 1.165) is 37.9 Å². The summed E-state index contributed by atoms with van der Waals surface area (Å²) in [5, 5.41) is 9.83. The number of aromatic nitrogens is 2. The van der Waals surface area contributed by atoms with Crippen molar-refractivity contribution >= 4 is 11.4 Å². The second-order valence-corrected chi connectivity index (χ2v) is 10.2. The van der Waals surface area contributed by atoms with E-state index in [1.165, 1.54) is 17.6 Å². The Morgan fingerprint density at radius 1 is 1.14 bits per heavy atom. The zero-order valence-electron chi connectivity index (χ0n) is 17.6. The quantitative estimate of drug-likeness (QED) is 0.763. The van der Waals surface area contributed by atoms with Crippen LogP contribution in [0.1, 0.15) is 64.6 Å². The first-order valence-electron chi connectivity index (χ1n) is 11.3. The molecule has 0 saturated heterocycles. The standard InChI is InChI=1S/C25H32N2O2/c1-24-9-6-18(29)15-17(24)14-16(8-13-28)22-19-4-5-21(23-26-11-3-12-27-23)25(19,2)10-7-20(22)24/h3,5,11-12,14,16,19-20,22,28H,4,6-10,13,15H2,1-2H3/t16?,19-,20+,22-,24-,25-/m0/s1. The zero-order valence-corrected chi connectivity index (χ0v) is 17.6.